The Morgan fingerprint density at radius 2 is 2.00 bits per heavy atom. The lowest BCUT2D eigenvalue weighted by atomic mass is 10.3. The lowest BCUT2D eigenvalue weighted by Gasteiger charge is -2.16. The van der Waals surface area contributed by atoms with Gasteiger partial charge in [0.2, 0.25) is 10.0 Å². The minimum absolute atomic E-state index is 0.1000. The molecule has 0 aromatic heterocycles. The highest BCUT2D eigenvalue weighted by Crippen LogP contribution is 2.14. The molecule has 0 saturated heterocycles. The summed E-state index contributed by atoms with van der Waals surface area (Å²) in [5, 5.41) is 10.7. The number of rotatable bonds is 3. The molecule has 6 nitrogen and oxygen atoms in total. The van der Waals surface area contributed by atoms with Crippen molar-refractivity contribution in [3.63, 3.8) is 0 Å². The highest BCUT2D eigenvalue weighted by molar-refractivity contribution is 7.89. The van der Waals surface area contributed by atoms with Gasteiger partial charge >= 0.3 is 0 Å². The van der Waals surface area contributed by atoms with Crippen molar-refractivity contribution in [2.24, 2.45) is 10.2 Å². The van der Waals surface area contributed by atoms with E-state index >= 15 is 0 Å². The number of benzene rings is 1. The Balaban J connectivity index is 2.10. The maximum Gasteiger partial charge on any atom is 0.238 e. The Kier molecular flexibility index (Phi) is 2.80. The van der Waals surface area contributed by atoms with Crippen molar-refractivity contribution in [3.05, 3.63) is 24.3 Å². The van der Waals surface area contributed by atoms with E-state index in [1.54, 1.807) is 17.3 Å². The van der Waals surface area contributed by atoms with Crippen molar-refractivity contribution in [2.45, 2.75) is 11.3 Å². The summed E-state index contributed by atoms with van der Waals surface area (Å²) >= 11 is 0. The monoisotopic (exact) mass is 240 g/mol. The largest absolute Gasteiger partial charge is 0.283 e. The van der Waals surface area contributed by atoms with Crippen LogP contribution in [0, 0.1) is 0 Å². The van der Waals surface area contributed by atoms with E-state index in [1.165, 1.54) is 12.1 Å². The predicted octanol–water partition coefficient (Wildman–Crippen LogP) is 0.352. The van der Waals surface area contributed by atoms with Gasteiger partial charge in [-0.1, -0.05) is 0 Å². The zero-order valence-corrected chi connectivity index (χ0v) is 9.31. The van der Waals surface area contributed by atoms with Crippen LogP contribution in [0.5, 0.6) is 0 Å². The number of nitrogens with one attached hydrogen (secondary N) is 1. The molecule has 1 heterocycles. The van der Waals surface area contributed by atoms with E-state index in [-0.39, 0.29) is 4.90 Å². The molecule has 0 aliphatic carbocycles. The van der Waals surface area contributed by atoms with Crippen LogP contribution in [-0.2, 0) is 10.0 Å². The van der Waals surface area contributed by atoms with Gasteiger partial charge in [0, 0.05) is 12.6 Å². The van der Waals surface area contributed by atoms with E-state index in [0.29, 0.717) is 0 Å². The zero-order valence-electron chi connectivity index (χ0n) is 8.50. The molecule has 0 amide bonds. The minimum Gasteiger partial charge on any atom is -0.283 e. The Labute approximate surface area is 93.8 Å². The van der Waals surface area contributed by atoms with Gasteiger partial charge in [0.15, 0.2) is 0 Å². The average molecular weight is 240 g/mol. The van der Waals surface area contributed by atoms with Crippen LogP contribution in [0.15, 0.2) is 34.3 Å². The number of hydrogen-bond acceptors (Lipinski definition) is 5. The summed E-state index contributed by atoms with van der Waals surface area (Å²) in [6.45, 7) is 0.803. The first kappa shape index (κ1) is 10.9. The van der Waals surface area contributed by atoms with Crippen LogP contribution in [0.1, 0.15) is 6.42 Å². The molecule has 0 bridgehead atoms. The summed E-state index contributed by atoms with van der Waals surface area (Å²) in [4.78, 5) is 0.1000. The fraction of sp³-hybridized carbons (Fsp3) is 0.222. The predicted molar refractivity (Wildman–Crippen MR) is 61.3 cm³/mol. The highest BCUT2D eigenvalue weighted by atomic mass is 32.2. The molecular formula is C9H12N4O2S. The second kappa shape index (κ2) is 4.11. The second-order valence-electron chi connectivity index (χ2n) is 3.39. The van der Waals surface area contributed by atoms with Crippen molar-refractivity contribution in [2.75, 3.05) is 12.0 Å². The number of anilines is 1. The fourth-order valence-electron chi connectivity index (χ4n) is 1.35. The van der Waals surface area contributed by atoms with Gasteiger partial charge in [-0.25, -0.2) is 18.7 Å². The first-order chi connectivity index (χ1) is 7.55. The zero-order chi connectivity index (χ0) is 11.6. The molecule has 2 rings (SSSR count). The Bertz CT molecular complexity index is 495. The molecule has 1 aromatic rings. The van der Waals surface area contributed by atoms with E-state index < -0.39 is 10.0 Å². The first-order valence-corrected chi connectivity index (χ1v) is 6.30. The quantitative estimate of drug-likeness (QED) is 0.798. The molecule has 0 fully saturated rings. The molecule has 0 unspecified atom stereocenters. The fourth-order valence-corrected chi connectivity index (χ4v) is 1.86. The van der Waals surface area contributed by atoms with Gasteiger partial charge in [-0.05, 0) is 24.3 Å². The van der Waals surface area contributed by atoms with E-state index in [1.807, 2.05) is 6.21 Å². The van der Waals surface area contributed by atoms with E-state index in [2.05, 4.69) is 10.5 Å². The van der Waals surface area contributed by atoms with Crippen LogP contribution >= 0.6 is 0 Å². The van der Waals surface area contributed by atoms with Crippen LogP contribution in [-0.4, -0.2) is 26.3 Å². The molecule has 16 heavy (non-hydrogen) atoms. The summed E-state index contributed by atoms with van der Waals surface area (Å²) < 4.78 is 22.0. The molecule has 1 aliphatic heterocycles. The molecule has 0 radical (unpaired) electrons. The summed E-state index contributed by atoms with van der Waals surface area (Å²) in [6, 6.07) is 6.20. The lowest BCUT2D eigenvalue weighted by molar-refractivity contribution is 0.386. The molecule has 86 valence electrons. The van der Waals surface area contributed by atoms with Crippen LogP contribution in [0.4, 0.5) is 5.69 Å². The molecule has 1 aromatic carbocycles. The number of primary sulfonamides is 1. The van der Waals surface area contributed by atoms with Gasteiger partial charge < -0.3 is 0 Å². The summed E-state index contributed by atoms with van der Waals surface area (Å²) in [6.07, 6.45) is 2.72. The number of hydrogen-bond donors (Lipinski definition) is 2. The van der Waals surface area contributed by atoms with E-state index in [4.69, 9.17) is 5.14 Å². The summed E-state index contributed by atoms with van der Waals surface area (Å²) in [5.74, 6) is 0. The molecular weight excluding hydrogens is 228 g/mol. The molecule has 0 saturated carbocycles. The third-order valence-electron chi connectivity index (χ3n) is 2.13. The number of sulfonamides is 1. The van der Waals surface area contributed by atoms with Gasteiger partial charge in [-0.15, -0.1) is 0 Å². The smallest absolute Gasteiger partial charge is 0.238 e. The van der Waals surface area contributed by atoms with Crippen LogP contribution in [0.2, 0.25) is 0 Å². The number of nitrogens with zero attached hydrogens (tertiary/aromatic N) is 2. The van der Waals surface area contributed by atoms with Crippen LogP contribution in [0.3, 0.4) is 0 Å². The summed E-state index contributed by atoms with van der Waals surface area (Å²) in [5.41, 5.74) is 3.79. The van der Waals surface area contributed by atoms with Crippen molar-refractivity contribution >= 4 is 21.9 Å². The van der Waals surface area contributed by atoms with E-state index in [0.717, 1.165) is 18.7 Å². The van der Waals surface area contributed by atoms with Gasteiger partial charge in [-0.2, -0.15) is 5.10 Å². The molecule has 0 atom stereocenters. The number of hydrazine groups is 1. The number of nitrogens with two attached hydrogens (primary N) is 1. The lowest BCUT2D eigenvalue weighted by Crippen LogP contribution is -2.21. The molecule has 3 N–H and O–H groups in total. The third-order valence-corrected chi connectivity index (χ3v) is 3.06. The van der Waals surface area contributed by atoms with Crippen molar-refractivity contribution in [1.82, 2.24) is 5.12 Å². The van der Waals surface area contributed by atoms with Crippen molar-refractivity contribution < 1.29 is 8.42 Å². The molecule has 0 spiro atoms. The Morgan fingerprint density at radius 3 is 2.50 bits per heavy atom. The average Bonchev–Trinajstić information content (AvgIpc) is 2.70. The third kappa shape index (κ3) is 2.50. The normalized spacial score (nSPS) is 15.4. The van der Waals surface area contributed by atoms with Gasteiger partial charge in [0.1, 0.15) is 0 Å². The standard InChI is InChI=1S/C9H12N4O2S/c10-16(14,15)9-4-2-8(3-5-9)12-13-7-1-6-11-13/h2-6,12H,1,7H2,(H2,10,14,15). The number of hydrazone groups is 1. The Hall–Kier alpha value is -1.60. The van der Waals surface area contributed by atoms with Crippen molar-refractivity contribution in [3.8, 4) is 0 Å². The SMILES string of the molecule is NS(=O)(=O)c1ccc(NN2CCC=N2)cc1. The van der Waals surface area contributed by atoms with Crippen LogP contribution < -0.4 is 10.6 Å². The molecule has 7 heteroatoms. The second-order valence-corrected chi connectivity index (χ2v) is 4.95. The maximum absolute atomic E-state index is 11.0. The topological polar surface area (TPSA) is 87.8 Å². The van der Waals surface area contributed by atoms with Gasteiger partial charge in [0.05, 0.1) is 17.1 Å². The van der Waals surface area contributed by atoms with Gasteiger partial charge in [-0.3, -0.25) is 5.43 Å². The Morgan fingerprint density at radius 1 is 1.31 bits per heavy atom. The van der Waals surface area contributed by atoms with E-state index in [9.17, 15) is 8.42 Å². The van der Waals surface area contributed by atoms with Crippen LogP contribution in [0.25, 0.3) is 0 Å². The maximum atomic E-state index is 11.0. The summed E-state index contributed by atoms with van der Waals surface area (Å²) in [7, 11) is -3.62. The van der Waals surface area contributed by atoms with Crippen molar-refractivity contribution in [1.29, 1.82) is 0 Å². The highest BCUT2D eigenvalue weighted by Gasteiger charge is 2.08. The molecule has 1 aliphatic rings. The minimum atomic E-state index is -3.62. The first-order valence-electron chi connectivity index (χ1n) is 4.75. The van der Waals surface area contributed by atoms with Gasteiger partial charge in [0.25, 0.3) is 0 Å².